The first-order chi connectivity index (χ1) is 10.2. The van der Waals surface area contributed by atoms with Crippen LogP contribution in [0.25, 0.3) is 0 Å². The zero-order valence-electron chi connectivity index (χ0n) is 12.4. The number of benzene rings is 1. The Bertz CT molecular complexity index is 605. The van der Waals surface area contributed by atoms with Crippen LogP contribution in [0, 0.1) is 0 Å². The van der Waals surface area contributed by atoms with Crippen molar-refractivity contribution in [2.45, 2.75) is 13.0 Å². The molecular weight excluding hydrogens is 332 g/mol. The molecule has 4 nitrogen and oxygen atoms in total. The van der Waals surface area contributed by atoms with E-state index in [4.69, 9.17) is 9.47 Å². The van der Waals surface area contributed by atoms with Crippen molar-refractivity contribution in [2.24, 2.45) is 0 Å². The molecule has 1 atom stereocenters. The van der Waals surface area contributed by atoms with Gasteiger partial charge in [0, 0.05) is 10.7 Å². The summed E-state index contributed by atoms with van der Waals surface area (Å²) in [6.45, 7) is 2.58. The molecule has 0 fully saturated rings. The van der Waals surface area contributed by atoms with Gasteiger partial charge in [-0.3, -0.25) is 4.98 Å². The molecule has 0 saturated carbocycles. The molecule has 5 heteroatoms. The molecule has 2 aromatic rings. The van der Waals surface area contributed by atoms with Crippen molar-refractivity contribution in [3.8, 4) is 11.5 Å². The van der Waals surface area contributed by atoms with Crippen molar-refractivity contribution in [3.05, 3.63) is 52.3 Å². The number of hydrogen-bond acceptors (Lipinski definition) is 4. The Kier molecular flexibility index (Phi) is 5.59. The van der Waals surface area contributed by atoms with Crippen LogP contribution in [0.15, 0.2) is 41.1 Å². The van der Waals surface area contributed by atoms with E-state index in [0.717, 1.165) is 27.1 Å². The lowest BCUT2D eigenvalue weighted by atomic mass is 10.00. The van der Waals surface area contributed by atoms with E-state index in [1.807, 2.05) is 44.4 Å². The monoisotopic (exact) mass is 350 g/mol. The number of pyridine rings is 1. The summed E-state index contributed by atoms with van der Waals surface area (Å²) >= 11 is 3.60. The van der Waals surface area contributed by atoms with E-state index in [2.05, 4.69) is 26.2 Å². The van der Waals surface area contributed by atoms with Crippen LogP contribution in [0.1, 0.15) is 24.1 Å². The lowest BCUT2D eigenvalue weighted by Gasteiger charge is -2.19. The summed E-state index contributed by atoms with van der Waals surface area (Å²) in [4.78, 5) is 4.26. The highest BCUT2D eigenvalue weighted by Gasteiger charge is 2.17. The fraction of sp³-hybridized carbons (Fsp3) is 0.312. The lowest BCUT2D eigenvalue weighted by Crippen LogP contribution is -2.18. The molecule has 0 amide bonds. The predicted octanol–water partition coefficient (Wildman–Crippen LogP) is 3.56. The molecule has 0 bridgehead atoms. The third-order valence-electron chi connectivity index (χ3n) is 3.18. The van der Waals surface area contributed by atoms with Gasteiger partial charge in [0.2, 0.25) is 0 Å². The average Bonchev–Trinajstić information content (AvgIpc) is 2.51. The van der Waals surface area contributed by atoms with E-state index in [0.29, 0.717) is 6.61 Å². The Balaban J connectivity index is 2.41. The van der Waals surface area contributed by atoms with Crippen molar-refractivity contribution in [1.82, 2.24) is 10.3 Å². The van der Waals surface area contributed by atoms with E-state index in [9.17, 15) is 0 Å². The quantitative estimate of drug-likeness (QED) is 0.864. The van der Waals surface area contributed by atoms with Gasteiger partial charge in [-0.2, -0.15) is 0 Å². The van der Waals surface area contributed by atoms with Gasteiger partial charge in [-0.15, -0.1) is 0 Å². The molecule has 0 radical (unpaired) electrons. The number of aromatic nitrogens is 1. The molecule has 1 unspecified atom stereocenters. The molecule has 2 rings (SSSR count). The van der Waals surface area contributed by atoms with Crippen LogP contribution in [0.5, 0.6) is 11.5 Å². The number of hydrogen-bond donors (Lipinski definition) is 1. The topological polar surface area (TPSA) is 43.4 Å². The maximum atomic E-state index is 5.53. The Labute approximate surface area is 133 Å². The minimum atomic E-state index is 0.00220. The largest absolute Gasteiger partial charge is 0.497 e. The second-order valence-electron chi connectivity index (χ2n) is 4.50. The lowest BCUT2D eigenvalue weighted by molar-refractivity contribution is 0.338. The number of rotatable bonds is 6. The fourth-order valence-corrected chi connectivity index (χ4v) is 2.69. The van der Waals surface area contributed by atoms with Gasteiger partial charge in [0.15, 0.2) is 0 Å². The zero-order valence-corrected chi connectivity index (χ0v) is 14.0. The third-order valence-corrected chi connectivity index (χ3v) is 3.90. The smallest absolute Gasteiger partial charge is 0.137 e. The molecule has 0 spiro atoms. The van der Waals surface area contributed by atoms with Gasteiger partial charge in [0.05, 0.1) is 26.0 Å². The van der Waals surface area contributed by atoms with E-state index < -0.39 is 0 Å². The van der Waals surface area contributed by atoms with E-state index in [1.54, 1.807) is 13.3 Å². The van der Waals surface area contributed by atoms with E-state index in [1.165, 1.54) is 0 Å². The first kappa shape index (κ1) is 15.8. The maximum Gasteiger partial charge on any atom is 0.137 e. The maximum absolute atomic E-state index is 5.53. The first-order valence-electron chi connectivity index (χ1n) is 6.78. The Morgan fingerprint density at radius 3 is 2.71 bits per heavy atom. The second-order valence-corrected chi connectivity index (χ2v) is 5.35. The van der Waals surface area contributed by atoms with Gasteiger partial charge in [0.25, 0.3) is 0 Å². The van der Waals surface area contributed by atoms with Gasteiger partial charge in [-0.1, -0.05) is 15.9 Å². The summed E-state index contributed by atoms with van der Waals surface area (Å²) in [5.41, 5.74) is 2.13. The second kappa shape index (κ2) is 7.43. The van der Waals surface area contributed by atoms with Crippen LogP contribution in [0.2, 0.25) is 0 Å². The third kappa shape index (κ3) is 3.74. The number of halogens is 1. The van der Waals surface area contributed by atoms with Crippen molar-refractivity contribution in [3.63, 3.8) is 0 Å². The minimum absolute atomic E-state index is 0.00220. The summed E-state index contributed by atoms with van der Waals surface area (Å²) in [7, 11) is 3.59. The summed E-state index contributed by atoms with van der Waals surface area (Å²) in [5.74, 6) is 1.59. The molecule has 0 saturated heterocycles. The highest BCUT2D eigenvalue weighted by molar-refractivity contribution is 9.10. The van der Waals surface area contributed by atoms with Gasteiger partial charge in [-0.25, -0.2) is 0 Å². The SMILES string of the molecule is CCOc1cncc(C(NC)c2cc(OC)ccc2Br)c1. The normalized spacial score (nSPS) is 12.0. The molecule has 1 heterocycles. The highest BCUT2D eigenvalue weighted by atomic mass is 79.9. The van der Waals surface area contributed by atoms with Crippen molar-refractivity contribution in [1.29, 1.82) is 0 Å². The summed E-state index contributed by atoms with van der Waals surface area (Å²) < 4.78 is 11.9. The molecule has 21 heavy (non-hydrogen) atoms. The summed E-state index contributed by atoms with van der Waals surface area (Å²) in [6, 6.07) is 7.93. The Morgan fingerprint density at radius 2 is 2.05 bits per heavy atom. The number of nitrogens with one attached hydrogen (secondary N) is 1. The van der Waals surface area contributed by atoms with Crippen molar-refractivity contribution in [2.75, 3.05) is 20.8 Å². The van der Waals surface area contributed by atoms with Crippen molar-refractivity contribution >= 4 is 15.9 Å². The van der Waals surface area contributed by atoms with Gasteiger partial charge in [-0.05, 0) is 49.4 Å². The van der Waals surface area contributed by atoms with Crippen LogP contribution < -0.4 is 14.8 Å². The summed E-state index contributed by atoms with van der Waals surface area (Å²) in [6.07, 6.45) is 3.57. The molecule has 1 N–H and O–H groups in total. The Hall–Kier alpha value is -1.59. The Morgan fingerprint density at radius 1 is 1.24 bits per heavy atom. The molecule has 112 valence electrons. The number of methoxy groups -OCH3 is 1. The van der Waals surface area contributed by atoms with Crippen LogP contribution in [0.3, 0.4) is 0 Å². The predicted molar refractivity (Wildman–Crippen MR) is 87.0 cm³/mol. The first-order valence-corrected chi connectivity index (χ1v) is 7.57. The molecule has 0 aliphatic rings. The molecule has 1 aromatic heterocycles. The number of nitrogens with zero attached hydrogens (tertiary/aromatic N) is 1. The minimum Gasteiger partial charge on any atom is -0.497 e. The zero-order chi connectivity index (χ0) is 15.2. The van der Waals surface area contributed by atoms with Crippen molar-refractivity contribution < 1.29 is 9.47 Å². The average molecular weight is 351 g/mol. The number of ether oxygens (including phenoxy) is 2. The highest BCUT2D eigenvalue weighted by Crippen LogP contribution is 2.32. The van der Waals surface area contributed by atoms with Crippen LogP contribution >= 0.6 is 15.9 Å². The van der Waals surface area contributed by atoms with Gasteiger partial charge < -0.3 is 14.8 Å². The molecule has 0 aliphatic heterocycles. The molecule has 0 aliphatic carbocycles. The molecule has 1 aromatic carbocycles. The molecular formula is C16H19BrN2O2. The van der Waals surface area contributed by atoms with E-state index >= 15 is 0 Å². The van der Waals surface area contributed by atoms with Crippen LogP contribution in [-0.4, -0.2) is 25.7 Å². The van der Waals surface area contributed by atoms with E-state index in [-0.39, 0.29) is 6.04 Å². The van der Waals surface area contributed by atoms with Crippen LogP contribution in [0.4, 0.5) is 0 Å². The summed E-state index contributed by atoms with van der Waals surface area (Å²) in [5, 5.41) is 3.31. The van der Waals surface area contributed by atoms with Gasteiger partial charge in [0.1, 0.15) is 11.5 Å². The fourth-order valence-electron chi connectivity index (χ4n) is 2.21. The van der Waals surface area contributed by atoms with Gasteiger partial charge >= 0.3 is 0 Å². The van der Waals surface area contributed by atoms with Crippen LogP contribution in [-0.2, 0) is 0 Å². The standard InChI is InChI=1S/C16H19BrN2O2/c1-4-21-13-7-11(9-19-10-13)16(18-2)14-8-12(20-3)5-6-15(14)17/h5-10,16,18H,4H2,1-3H3.